The number of rotatable bonds is 0. The van der Waals surface area contributed by atoms with Crippen LogP contribution in [0.15, 0.2) is 18.5 Å². The van der Waals surface area contributed by atoms with E-state index >= 15 is 0 Å². The molecular formula is C10H13N3. The van der Waals surface area contributed by atoms with Gasteiger partial charge in [-0.15, -0.1) is 0 Å². The lowest BCUT2D eigenvalue weighted by Crippen LogP contribution is -2.13. The second-order valence-electron chi connectivity index (χ2n) is 4.22. The summed E-state index contributed by atoms with van der Waals surface area (Å²) in [5.74, 6) is 0. The monoisotopic (exact) mass is 175 g/mol. The Morgan fingerprint density at radius 2 is 2.00 bits per heavy atom. The van der Waals surface area contributed by atoms with Crippen molar-refractivity contribution in [2.24, 2.45) is 0 Å². The first-order chi connectivity index (χ1) is 6.07. The minimum absolute atomic E-state index is 0.0904. The maximum Gasteiger partial charge on any atom is 0.177 e. The molecule has 13 heavy (non-hydrogen) atoms. The molecule has 0 saturated heterocycles. The summed E-state index contributed by atoms with van der Waals surface area (Å²) in [7, 11) is 0. The molecule has 0 radical (unpaired) electrons. The second kappa shape index (κ2) is 2.55. The van der Waals surface area contributed by atoms with E-state index in [2.05, 4.69) is 35.7 Å². The van der Waals surface area contributed by atoms with Crippen LogP contribution < -0.4 is 0 Å². The Kier molecular flexibility index (Phi) is 1.62. The fourth-order valence-corrected chi connectivity index (χ4v) is 1.24. The van der Waals surface area contributed by atoms with Crippen LogP contribution in [-0.4, -0.2) is 15.0 Å². The molecule has 2 heterocycles. The van der Waals surface area contributed by atoms with Gasteiger partial charge in [0.2, 0.25) is 0 Å². The zero-order valence-electron chi connectivity index (χ0n) is 8.13. The molecule has 3 heteroatoms. The van der Waals surface area contributed by atoms with Crippen molar-refractivity contribution in [1.29, 1.82) is 0 Å². The predicted octanol–water partition coefficient (Wildman–Crippen LogP) is 2.26. The van der Waals surface area contributed by atoms with Gasteiger partial charge in [0.1, 0.15) is 0 Å². The highest BCUT2D eigenvalue weighted by atomic mass is 15.0. The zero-order valence-corrected chi connectivity index (χ0v) is 8.13. The maximum absolute atomic E-state index is 4.46. The third-order valence-corrected chi connectivity index (χ3v) is 2.05. The van der Waals surface area contributed by atoms with E-state index in [1.54, 1.807) is 6.33 Å². The lowest BCUT2D eigenvalue weighted by molar-refractivity contribution is 0.571. The Labute approximate surface area is 77.2 Å². The molecule has 0 atom stereocenters. The molecule has 2 aromatic rings. The number of hydrogen-bond acceptors (Lipinski definition) is 2. The zero-order chi connectivity index (χ0) is 9.47. The lowest BCUT2D eigenvalue weighted by Gasteiger charge is -2.16. The van der Waals surface area contributed by atoms with Gasteiger partial charge in [-0.1, -0.05) is 20.8 Å². The number of pyridine rings is 1. The summed E-state index contributed by atoms with van der Waals surface area (Å²) in [5, 5.41) is 0. The third kappa shape index (κ3) is 1.41. The van der Waals surface area contributed by atoms with Crippen LogP contribution >= 0.6 is 0 Å². The summed E-state index contributed by atoms with van der Waals surface area (Å²) >= 11 is 0. The molecule has 0 amide bonds. The molecule has 0 fully saturated rings. The second-order valence-corrected chi connectivity index (χ2v) is 4.22. The fourth-order valence-electron chi connectivity index (χ4n) is 1.24. The van der Waals surface area contributed by atoms with Crippen LogP contribution in [0.5, 0.6) is 0 Å². The molecule has 1 N–H and O–H groups in total. The minimum Gasteiger partial charge on any atom is -0.343 e. The molecule has 68 valence electrons. The van der Waals surface area contributed by atoms with Crippen molar-refractivity contribution in [2.45, 2.75) is 26.2 Å². The van der Waals surface area contributed by atoms with Gasteiger partial charge in [0, 0.05) is 11.1 Å². The Hall–Kier alpha value is -1.38. The normalized spacial score (nSPS) is 12.2. The lowest BCUT2D eigenvalue weighted by atomic mass is 9.92. The van der Waals surface area contributed by atoms with Crippen LogP contribution in [0.25, 0.3) is 11.2 Å². The number of H-pyrrole nitrogens is 1. The van der Waals surface area contributed by atoms with Crippen molar-refractivity contribution >= 4 is 11.2 Å². The molecule has 0 spiro atoms. The van der Waals surface area contributed by atoms with E-state index in [0.29, 0.717) is 0 Å². The van der Waals surface area contributed by atoms with Crippen LogP contribution in [-0.2, 0) is 5.41 Å². The predicted molar refractivity (Wildman–Crippen MR) is 52.6 cm³/mol. The van der Waals surface area contributed by atoms with Gasteiger partial charge < -0.3 is 4.98 Å². The number of nitrogens with one attached hydrogen (secondary N) is 1. The number of nitrogens with zero attached hydrogens (tertiary/aromatic N) is 2. The number of imidazole rings is 1. The molecule has 2 aromatic heterocycles. The van der Waals surface area contributed by atoms with E-state index in [1.165, 1.54) is 0 Å². The average Bonchev–Trinajstić information content (AvgIpc) is 2.47. The summed E-state index contributed by atoms with van der Waals surface area (Å²) in [4.78, 5) is 11.6. The quantitative estimate of drug-likeness (QED) is 0.667. The van der Waals surface area contributed by atoms with E-state index in [-0.39, 0.29) is 5.41 Å². The Morgan fingerprint density at radius 3 is 2.69 bits per heavy atom. The first-order valence-corrected chi connectivity index (χ1v) is 4.38. The van der Waals surface area contributed by atoms with E-state index < -0.39 is 0 Å². The Balaban J connectivity index is 2.61. The largest absolute Gasteiger partial charge is 0.343 e. The van der Waals surface area contributed by atoms with Crippen molar-refractivity contribution in [3.05, 3.63) is 24.2 Å². The van der Waals surface area contributed by atoms with Gasteiger partial charge in [-0.2, -0.15) is 0 Å². The number of fused-ring (bicyclic) bond motifs is 1. The highest BCUT2D eigenvalue weighted by Gasteiger charge is 2.15. The van der Waals surface area contributed by atoms with Gasteiger partial charge in [0.05, 0.1) is 11.8 Å². The smallest absolute Gasteiger partial charge is 0.177 e. The number of hydrogen-bond donors (Lipinski definition) is 1. The molecule has 0 aromatic carbocycles. The molecule has 3 nitrogen and oxygen atoms in total. The Morgan fingerprint density at radius 1 is 1.23 bits per heavy atom. The fraction of sp³-hybridized carbons (Fsp3) is 0.400. The van der Waals surface area contributed by atoms with Crippen molar-refractivity contribution in [3.8, 4) is 0 Å². The number of aromatic nitrogens is 3. The summed E-state index contributed by atoms with van der Waals surface area (Å²) in [6.45, 7) is 6.44. The number of aromatic amines is 1. The SMILES string of the molecule is CC(C)(C)c1ccc2[nH]cnc2n1. The van der Waals surface area contributed by atoms with Gasteiger partial charge >= 0.3 is 0 Å². The van der Waals surface area contributed by atoms with Gasteiger partial charge in [0.15, 0.2) is 5.65 Å². The maximum atomic E-state index is 4.46. The molecule has 0 aliphatic carbocycles. The van der Waals surface area contributed by atoms with Crippen molar-refractivity contribution in [2.75, 3.05) is 0 Å². The van der Waals surface area contributed by atoms with Crippen molar-refractivity contribution in [1.82, 2.24) is 15.0 Å². The molecule has 0 saturated carbocycles. The summed E-state index contributed by atoms with van der Waals surface area (Å²) in [5.41, 5.74) is 2.96. The van der Waals surface area contributed by atoms with Crippen LogP contribution in [0.1, 0.15) is 26.5 Å². The summed E-state index contributed by atoms with van der Waals surface area (Å²) in [6.07, 6.45) is 1.67. The molecule has 0 bridgehead atoms. The van der Waals surface area contributed by atoms with E-state index in [0.717, 1.165) is 16.9 Å². The highest BCUT2D eigenvalue weighted by Crippen LogP contribution is 2.21. The minimum atomic E-state index is 0.0904. The first kappa shape index (κ1) is 8.23. The van der Waals surface area contributed by atoms with Crippen molar-refractivity contribution in [3.63, 3.8) is 0 Å². The molecule has 0 aliphatic heterocycles. The molecule has 0 aliphatic rings. The van der Waals surface area contributed by atoms with Crippen LogP contribution in [0.4, 0.5) is 0 Å². The molecule has 2 rings (SSSR count). The highest BCUT2D eigenvalue weighted by molar-refractivity contribution is 5.69. The van der Waals surface area contributed by atoms with Gasteiger partial charge in [-0.25, -0.2) is 9.97 Å². The van der Waals surface area contributed by atoms with Crippen molar-refractivity contribution < 1.29 is 0 Å². The van der Waals surface area contributed by atoms with E-state index in [9.17, 15) is 0 Å². The van der Waals surface area contributed by atoms with Gasteiger partial charge in [0.25, 0.3) is 0 Å². The molecule has 0 unspecified atom stereocenters. The summed E-state index contributed by atoms with van der Waals surface area (Å²) < 4.78 is 0. The standard InChI is InChI=1S/C10H13N3/c1-10(2,3)8-5-4-7-9(13-8)12-6-11-7/h4-6H,1-3H3,(H,11,12,13). The van der Waals surface area contributed by atoms with E-state index in [4.69, 9.17) is 0 Å². The van der Waals surface area contributed by atoms with Gasteiger partial charge in [-0.3, -0.25) is 0 Å². The Bertz CT molecular complexity index is 423. The summed E-state index contributed by atoms with van der Waals surface area (Å²) in [6, 6.07) is 4.07. The third-order valence-electron chi connectivity index (χ3n) is 2.05. The average molecular weight is 175 g/mol. The molecular weight excluding hydrogens is 162 g/mol. The van der Waals surface area contributed by atoms with Gasteiger partial charge in [-0.05, 0) is 12.1 Å². The topological polar surface area (TPSA) is 41.6 Å². The van der Waals surface area contributed by atoms with Crippen LogP contribution in [0, 0.1) is 0 Å². The van der Waals surface area contributed by atoms with Crippen LogP contribution in [0.3, 0.4) is 0 Å². The van der Waals surface area contributed by atoms with Crippen LogP contribution in [0.2, 0.25) is 0 Å². The van der Waals surface area contributed by atoms with E-state index in [1.807, 2.05) is 12.1 Å². The first-order valence-electron chi connectivity index (χ1n) is 4.38.